The number of aryl methyl sites for hydroxylation is 2. The molecule has 2 aromatic heterocycles. The zero-order chi connectivity index (χ0) is 14.0. The molecule has 0 bridgehead atoms. The van der Waals surface area contributed by atoms with Gasteiger partial charge in [0.1, 0.15) is 11.6 Å². The minimum Gasteiger partial charge on any atom is -0.237 e. The Kier molecular flexibility index (Phi) is 3.98. The van der Waals surface area contributed by atoms with Crippen molar-refractivity contribution in [1.29, 1.82) is 0 Å². The van der Waals surface area contributed by atoms with Crippen molar-refractivity contribution in [1.82, 2.24) is 19.7 Å². The summed E-state index contributed by atoms with van der Waals surface area (Å²) in [5.41, 5.74) is 1.30. The van der Waals surface area contributed by atoms with Gasteiger partial charge in [-0.1, -0.05) is 20.8 Å². The molecule has 1 unspecified atom stereocenters. The van der Waals surface area contributed by atoms with Gasteiger partial charge in [-0.05, 0) is 49.8 Å². The molecular weight excluding hydrogens is 236 g/mol. The standard InChI is InChI=1S/C15H22N4/c1-10(2)11(3)8-14-6-7-16-15(9-14)19-13(5)17-12(4)18-19/h6-7,9-11H,8H2,1-5H3. The van der Waals surface area contributed by atoms with E-state index in [1.807, 2.05) is 20.0 Å². The van der Waals surface area contributed by atoms with E-state index < -0.39 is 0 Å². The molecule has 0 aliphatic heterocycles. The van der Waals surface area contributed by atoms with Crippen LogP contribution in [0.5, 0.6) is 0 Å². The Bertz CT molecular complexity index is 557. The highest BCUT2D eigenvalue weighted by Gasteiger charge is 2.11. The Morgan fingerprint density at radius 3 is 2.53 bits per heavy atom. The van der Waals surface area contributed by atoms with Crippen molar-refractivity contribution in [3.05, 3.63) is 35.5 Å². The van der Waals surface area contributed by atoms with Crippen LogP contribution in [0.15, 0.2) is 18.3 Å². The van der Waals surface area contributed by atoms with Gasteiger partial charge in [0.2, 0.25) is 0 Å². The smallest absolute Gasteiger partial charge is 0.155 e. The summed E-state index contributed by atoms with van der Waals surface area (Å²) in [6.07, 6.45) is 2.92. The SMILES string of the molecule is Cc1nc(C)n(-c2cc(CC(C)C(C)C)ccn2)n1. The van der Waals surface area contributed by atoms with Crippen LogP contribution in [-0.2, 0) is 6.42 Å². The lowest BCUT2D eigenvalue weighted by molar-refractivity contribution is 0.417. The van der Waals surface area contributed by atoms with E-state index in [-0.39, 0.29) is 0 Å². The fourth-order valence-corrected chi connectivity index (χ4v) is 2.05. The van der Waals surface area contributed by atoms with E-state index in [2.05, 4.69) is 48.0 Å². The molecule has 0 N–H and O–H groups in total. The van der Waals surface area contributed by atoms with Crippen LogP contribution in [0.4, 0.5) is 0 Å². The van der Waals surface area contributed by atoms with Crippen LogP contribution in [0.25, 0.3) is 5.82 Å². The summed E-state index contributed by atoms with van der Waals surface area (Å²) in [5.74, 6) is 3.85. The first-order valence-corrected chi connectivity index (χ1v) is 6.83. The third kappa shape index (κ3) is 3.19. The Morgan fingerprint density at radius 2 is 1.95 bits per heavy atom. The summed E-state index contributed by atoms with van der Waals surface area (Å²) in [6, 6.07) is 4.20. The zero-order valence-electron chi connectivity index (χ0n) is 12.4. The quantitative estimate of drug-likeness (QED) is 0.846. The second-order valence-corrected chi connectivity index (χ2v) is 5.57. The van der Waals surface area contributed by atoms with Gasteiger partial charge in [-0.2, -0.15) is 4.68 Å². The van der Waals surface area contributed by atoms with Gasteiger partial charge in [-0.3, -0.25) is 0 Å². The van der Waals surface area contributed by atoms with Crippen molar-refractivity contribution in [2.75, 3.05) is 0 Å². The van der Waals surface area contributed by atoms with Crippen molar-refractivity contribution in [3.8, 4) is 5.82 Å². The highest BCUT2D eigenvalue weighted by molar-refractivity contribution is 5.28. The lowest BCUT2D eigenvalue weighted by Gasteiger charge is -2.15. The van der Waals surface area contributed by atoms with Crippen molar-refractivity contribution in [2.45, 2.75) is 41.0 Å². The predicted molar refractivity (Wildman–Crippen MR) is 76.3 cm³/mol. The number of rotatable bonds is 4. The maximum absolute atomic E-state index is 4.40. The summed E-state index contributed by atoms with van der Waals surface area (Å²) in [4.78, 5) is 8.71. The van der Waals surface area contributed by atoms with Crippen molar-refractivity contribution in [3.63, 3.8) is 0 Å². The molecule has 4 heteroatoms. The second-order valence-electron chi connectivity index (χ2n) is 5.57. The van der Waals surface area contributed by atoms with Gasteiger partial charge in [0.05, 0.1) is 0 Å². The molecular formula is C15H22N4. The summed E-state index contributed by atoms with van der Waals surface area (Å²) in [6.45, 7) is 10.7. The van der Waals surface area contributed by atoms with E-state index >= 15 is 0 Å². The molecule has 0 amide bonds. The molecule has 0 aliphatic rings. The fraction of sp³-hybridized carbons (Fsp3) is 0.533. The van der Waals surface area contributed by atoms with E-state index in [9.17, 15) is 0 Å². The summed E-state index contributed by atoms with van der Waals surface area (Å²) < 4.78 is 1.80. The van der Waals surface area contributed by atoms with Crippen LogP contribution < -0.4 is 0 Å². The molecule has 0 spiro atoms. The molecule has 19 heavy (non-hydrogen) atoms. The molecule has 1 atom stereocenters. The number of pyridine rings is 1. The van der Waals surface area contributed by atoms with Gasteiger partial charge in [0.15, 0.2) is 5.82 Å². The molecule has 2 heterocycles. The maximum atomic E-state index is 4.40. The highest BCUT2D eigenvalue weighted by Crippen LogP contribution is 2.17. The van der Waals surface area contributed by atoms with Crippen LogP contribution in [0.2, 0.25) is 0 Å². The maximum Gasteiger partial charge on any atom is 0.155 e. The molecule has 4 nitrogen and oxygen atoms in total. The molecule has 102 valence electrons. The van der Waals surface area contributed by atoms with Crippen LogP contribution in [0.1, 0.15) is 38.0 Å². The molecule has 0 aromatic carbocycles. The molecule has 0 radical (unpaired) electrons. The first kappa shape index (κ1) is 13.7. The lowest BCUT2D eigenvalue weighted by Crippen LogP contribution is -2.09. The minimum atomic E-state index is 0.661. The Balaban J connectivity index is 2.27. The zero-order valence-corrected chi connectivity index (χ0v) is 12.4. The van der Waals surface area contributed by atoms with E-state index in [1.165, 1.54) is 5.56 Å². The molecule has 0 saturated heterocycles. The Hall–Kier alpha value is -1.71. The van der Waals surface area contributed by atoms with Crippen LogP contribution in [-0.4, -0.2) is 19.7 Å². The molecule has 2 aromatic rings. The Labute approximate surface area is 114 Å². The fourth-order valence-electron chi connectivity index (χ4n) is 2.05. The van der Waals surface area contributed by atoms with Crippen LogP contribution >= 0.6 is 0 Å². The summed E-state index contributed by atoms with van der Waals surface area (Å²) in [5, 5.41) is 4.38. The van der Waals surface area contributed by atoms with Crippen molar-refractivity contribution in [2.24, 2.45) is 11.8 Å². The molecule has 0 saturated carbocycles. The van der Waals surface area contributed by atoms with E-state index in [0.717, 1.165) is 23.9 Å². The van der Waals surface area contributed by atoms with Crippen LogP contribution in [0.3, 0.4) is 0 Å². The average molecular weight is 258 g/mol. The van der Waals surface area contributed by atoms with Gasteiger partial charge < -0.3 is 0 Å². The topological polar surface area (TPSA) is 43.6 Å². The van der Waals surface area contributed by atoms with Gasteiger partial charge in [-0.25, -0.2) is 9.97 Å². The first-order chi connectivity index (χ1) is 8.97. The van der Waals surface area contributed by atoms with E-state index in [1.54, 1.807) is 4.68 Å². The number of hydrogen-bond acceptors (Lipinski definition) is 3. The van der Waals surface area contributed by atoms with Gasteiger partial charge >= 0.3 is 0 Å². The molecule has 0 aliphatic carbocycles. The van der Waals surface area contributed by atoms with Gasteiger partial charge in [0, 0.05) is 6.20 Å². The monoisotopic (exact) mass is 258 g/mol. The number of aromatic nitrogens is 4. The Morgan fingerprint density at radius 1 is 1.21 bits per heavy atom. The normalized spacial score (nSPS) is 12.9. The molecule has 0 fully saturated rings. The predicted octanol–water partition coefficient (Wildman–Crippen LogP) is 3.11. The lowest BCUT2D eigenvalue weighted by atomic mass is 9.91. The second kappa shape index (κ2) is 5.51. The minimum absolute atomic E-state index is 0.661. The third-order valence-electron chi connectivity index (χ3n) is 3.60. The van der Waals surface area contributed by atoms with E-state index in [4.69, 9.17) is 0 Å². The molecule has 2 rings (SSSR count). The van der Waals surface area contributed by atoms with Crippen molar-refractivity contribution >= 4 is 0 Å². The number of hydrogen-bond donors (Lipinski definition) is 0. The van der Waals surface area contributed by atoms with Gasteiger partial charge in [-0.15, -0.1) is 5.10 Å². The first-order valence-electron chi connectivity index (χ1n) is 6.83. The summed E-state index contributed by atoms with van der Waals surface area (Å²) >= 11 is 0. The van der Waals surface area contributed by atoms with Crippen molar-refractivity contribution < 1.29 is 0 Å². The van der Waals surface area contributed by atoms with Gasteiger partial charge in [0.25, 0.3) is 0 Å². The largest absolute Gasteiger partial charge is 0.237 e. The number of nitrogens with zero attached hydrogens (tertiary/aromatic N) is 4. The third-order valence-corrected chi connectivity index (χ3v) is 3.60. The van der Waals surface area contributed by atoms with Crippen LogP contribution in [0, 0.1) is 25.7 Å². The average Bonchev–Trinajstić information content (AvgIpc) is 2.68. The van der Waals surface area contributed by atoms with E-state index in [0.29, 0.717) is 11.8 Å². The summed E-state index contributed by atoms with van der Waals surface area (Å²) in [7, 11) is 0. The highest BCUT2D eigenvalue weighted by atomic mass is 15.4.